The number of nitrogens with one attached hydrogen (secondary N) is 1. The molecule has 1 aliphatic heterocycles. The number of hydrogen-bond acceptors (Lipinski definition) is 6. The Morgan fingerprint density at radius 1 is 1.52 bits per heavy atom. The molecular formula is C19H24N6O2. The Bertz CT molecular complexity index is 912. The fourth-order valence-electron chi connectivity index (χ4n) is 3.61. The van der Waals surface area contributed by atoms with Crippen molar-refractivity contribution in [3.63, 3.8) is 0 Å². The number of aliphatic hydroxyl groups excluding tert-OH is 1. The summed E-state index contributed by atoms with van der Waals surface area (Å²) in [4.78, 5) is 28.2. The van der Waals surface area contributed by atoms with Gasteiger partial charge in [0.2, 0.25) is 0 Å². The lowest BCUT2D eigenvalue weighted by Gasteiger charge is -2.42. The maximum atomic E-state index is 12.7. The molecule has 1 fully saturated rings. The zero-order valence-corrected chi connectivity index (χ0v) is 15.8. The molecule has 0 radical (unpaired) electrons. The molecule has 1 amide bonds. The van der Waals surface area contributed by atoms with Crippen LogP contribution in [0, 0.1) is 17.2 Å². The summed E-state index contributed by atoms with van der Waals surface area (Å²) in [6.07, 6.45) is 4.42. The van der Waals surface area contributed by atoms with Gasteiger partial charge in [0.25, 0.3) is 5.91 Å². The Balaban J connectivity index is 1.87. The summed E-state index contributed by atoms with van der Waals surface area (Å²) in [6.45, 7) is 4.90. The number of nitriles is 1. The van der Waals surface area contributed by atoms with Gasteiger partial charge in [-0.1, -0.05) is 13.8 Å². The number of likely N-dealkylation sites (tertiary alicyclic amines) is 1. The number of carbonyl (C=O) groups excluding carboxylic acids is 1. The predicted molar refractivity (Wildman–Crippen MR) is 102 cm³/mol. The van der Waals surface area contributed by atoms with Crippen molar-refractivity contribution in [1.82, 2.24) is 19.9 Å². The molecule has 2 atom stereocenters. The summed E-state index contributed by atoms with van der Waals surface area (Å²) in [7, 11) is 1.97. The predicted octanol–water partition coefficient (Wildman–Crippen LogP) is 2.38. The van der Waals surface area contributed by atoms with E-state index in [0.717, 1.165) is 23.3 Å². The maximum absolute atomic E-state index is 12.7. The van der Waals surface area contributed by atoms with Crippen LogP contribution in [0.15, 0.2) is 29.9 Å². The van der Waals surface area contributed by atoms with Gasteiger partial charge in [0.15, 0.2) is 5.57 Å². The molecule has 0 aromatic carbocycles. The van der Waals surface area contributed by atoms with Gasteiger partial charge in [-0.05, 0) is 18.4 Å². The van der Waals surface area contributed by atoms with Crippen molar-refractivity contribution in [1.29, 1.82) is 5.26 Å². The van der Waals surface area contributed by atoms with E-state index in [2.05, 4.69) is 26.8 Å². The molecule has 3 heterocycles. The fraction of sp³-hybridized carbons (Fsp3) is 0.474. The quantitative estimate of drug-likeness (QED) is 0.487. The molecular weight excluding hydrogens is 344 g/mol. The van der Waals surface area contributed by atoms with Crippen molar-refractivity contribution in [3.8, 4) is 6.07 Å². The number of rotatable bonds is 4. The van der Waals surface area contributed by atoms with Gasteiger partial charge in [-0.3, -0.25) is 4.79 Å². The number of anilines is 1. The Kier molecular flexibility index (Phi) is 5.31. The SMILES string of the molecule is CC/C(O)=C(/C#N)C(=O)N1CC[C@@H](C)[C@@H](N(C)c2ncnc3[nH]ccc23)C1. The van der Waals surface area contributed by atoms with E-state index in [-0.39, 0.29) is 23.8 Å². The number of carbonyl (C=O) groups is 1. The molecule has 1 saturated heterocycles. The maximum Gasteiger partial charge on any atom is 0.268 e. The van der Waals surface area contributed by atoms with Crippen molar-refractivity contribution in [2.45, 2.75) is 32.7 Å². The third-order valence-electron chi connectivity index (χ3n) is 5.32. The van der Waals surface area contributed by atoms with E-state index in [9.17, 15) is 15.2 Å². The molecule has 142 valence electrons. The van der Waals surface area contributed by atoms with E-state index in [1.807, 2.05) is 25.4 Å². The number of amides is 1. The summed E-state index contributed by atoms with van der Waals surface area (Å²) in [5.74, 6) is 0.588. The van der Waals surface area contributed by atoms with Crippen LogP contribution in [0.25, 0.3) is 11.0 Å². The zero-order chi connectivity index (χ0) is 19.6. The minimum Gasteiger partial charge on any atom is -0.511 e. The number of likely N-dealkylation sites (N-methyl/N-ethyl adjacent to an activating group) is 1. The highest BCUT2D eigenvalue weighted by atomic mass is 16.3. The first-order chi connectivity index (χ1) is 13.0. The molecule has 0 bridgehead atoms. The van der Waals surface area contributed by atoms with Gasteiger partial charge >= 0.3 is 0 Å². The first-order valence-electron chi connectivity index (χ1n) is 9.10. The minimum atomic E-state index is -0.406. The lowest BCUT2D eigenvalue weighted by molar-refractivity contribution is -0.128. The van der Waals surface area contributed by atoms with Gasteiger partial charge < -0.3 is 19.9 Å². The van der Waals surface area contributed by atoms with Gasteiger partial charge in [-0.15, -0.1) is 0 Å². The van der Waals surface area contributed by atoms with Crippen molar-refractivity contribution in [2.75, 3.05) is 25.0 Å². The first-order valence-corrected chi connectivity index (χ1v) is 9.10. The molecule has 2 aromatic rings. The second kappa shape index (κ2) is 7.66. The van der Waals surface area contributed by atoms with E-state index >= 15 is 0 Å². The average molecular weight is 368 g/mol. The molecule has 8 nitrogen and oxygen atoms in total. The van der Waals surface area contributed by atoms with E-state index < -0.39 is 5.91 Å². The monoisotopic (exact) mass is 368 g/mol. The number of aromatic amines is 1. The van der Waals surface area contributed by atoms with Gasteiger partial charge in [-0.2, -0.15) is 5.26 Å². The van der Waals surface area contributed by atoms with Gasteiger partial charge in [0.05, 0.1) is 11.4 Å². The number of allylic oxidation sites excluding steroid dienone is 1. The van der Waals surface area contributed by atoms with Crippen molar-refractivity contribution in [3.05, 3.63) is 29.9 Å². The van der Waals surface area contributed by atoms with Crippen LogP contribution in [0.5, 0.6) is 0 Å². The molecule has 8 heteroatoms. The molecule has 3 rings (SSSR count). The Morgan fingerprint density at radius 3 is 3.00 bits per heavy atom. The Labute approximate surface area is 158 Å². The van der Waals surface area contributed by atoms with Crippen molar-refractivity contribution >= 4 is 22.8 Å². The number of fused-ring (bicyclic) bond motifs is 1. The smallest absolute Gasteiger partial charge is 0.268 e. The number of piperidine rings is 1. The average Bonchev–Trinajstić information content (AvgIpc) is 3.16. The molecule has 0 unspecified atom stereocenters. The van der Waals surface area contributed by atoms with Gasteiger partial charge in [-0.25, -0.2) is 9.97 Å². The fourth-order valence-corrected chi connectivity index (χ4v) is 3.61. The molecule has 0 aliphatic carbocycles. The van der Waals surface area contributed by atoms with E-state index in [1.54, 1.807) is 11.8 Å². The zero-order valence-electron chi connectivity index (χ0n) is 15.8. The summed E-state index contributed by atoms with van der Waals surface area (Å²) >= 11 is 0. The second-order valence-electron chi connectivity index (χ2n) is 6.92. The first kappa shape index (κ1) is 18.7. The standard InChI is InChI=1S/C19H24N6O2/c1-4-16(26)14(9-20)19(27)25-8-6-12(2)15(10-25)24(3)18-13-5-7-21-17(13)22-11-23-18/h5,7,11-12,15,26H,4,6,8,10H2,1-3H3,(H,21,22,23)/b16-14+/t12-,15+/m1/s1. The lowest BCUT2D eigenvalue weighted by Crippen LogP contribution is -2.53. The van der Waals surface area contributed by atoms with E-state index in [0.29, 0.717) is 19.0 Å². The second-order valence-corrected chi connectivity index (χ2v) is 6.92. The van der Waals surface area contributed by atoms with Crippen LogP contribution >= 0.6 is 0 Å². The Morgan fingerprint density at radius 2 is 2.30 bits per heavy atom. The van der Waals surface area contributed by atoms with E-state index in [4.69, 9.17) is 0 Å². The van der Waals surface area contributed by atoms with Crippen molar-refractivity contribution < 1.29 is 9.90 Å². The molecule has 2 aromatic heterocycles. The van der Waals surface area contributed by atoms with Crippen LogP contribution in [0.2, 0.25) is 0 Å². The molecule has 27 heavy (non-hydrogen) atoms. The highest BCUT2D eigenvalue weighted by Crippen LogP contribution is 2.29. The van der Waals surface area contributed by atoms with Crippen LogP contribution in [-0.2, 0) is 4.79 Å². The summed E-state index contributed by atoms with van der Waals surface area (Å²) in [6, 6.07) is 3.84. The largest absolute Gasteiger partial charge is 0.511 e. The lowest BCUT2D eigenvalue weighted by atomic mass is 9.91. The van der Waals surface area contributed by atoms with Crippen LogP contribution in [0.3, 0.4) is 0 Å². The normalized spacial score (nSPS) is 20.9. The number of hydrogen-bond donors (Lipinski definition) is 2. The van der Waals surface area contributed by atoms with Crippen LogP contribution in [0.1, 0.15) is 26.7 Å². The summed E-state index contributed by atoms with van der Waals surface area (Å²) in [5, 5.41) is 20.1. The van der Waals surface area contributed by atoms with E-state index in [1.165, 1.54) is 6.33 Å². The molecule has 1 aliphatic rings. The van der Waals surface area contributed by atoms with Crippen LogP contribution in [-0.4, -0.2) is 57.0 Å². The topological polar surface area (TPSA) is 109 Å². The highest BCUT2D eigenvalue weighted by Gasteiger charge is 2.34. The third-order valence-corrected chi connectivity index (χ3v) is 5.32. The molecule has 0 saturated carbocycles. The molecule has 2 N–H and O–H groups in total. The Hall–Kier alpha value is -3.08. The summed E-state index contributed by atoms with van der Waals surface area (Å²) < 4.78 is 0. The number of aromatic nitrogens is 3. The number of nitrogens with zero attached hydrogens (tertiary/aromatic N) is 5. The third kappa shape index (κ3) is 3.45. The van der Waals surface area contributed by atoms with Crippen LogP contribution < -0.4 is 4.90 Å². The highest BCUT2D eigenvalue weighted by molar-refractivity contribution is 5.97. The minimum absolute atomic E-state index is 0.0411. The van der Waals surface area contributed by atoms with Crippen molar-refractivity contribution in [2.24, 2.45) is 5.92 Å². The number of aliphatic hydroxyl groups is 1. The van der Waals surface area contributed by atoms with Crippen LogP contribution in [0.4, 0.5) is 5.82 Å². The van der Waals surface area contributed by atoms with Gasteiger partial charge in [0.1, 0.15) is 29.6 Å². The summed E-state index contributed by atoms with van der Waals surface area (Å²) in [5.41, 5.74) is 0.606. The molecule has 0 spiro atoms. The number of H-pyrrole nitrogens is 1. The van der Waals surface area contributed by atoms with Gasteiger partial charge in [0, 0.05) is 32.8 Å².